The summed E-state index contributed by atoms with van der Waals surface area (Å²) in [6, 6.07) is 25.5. The van der Waals surface area contributed by atoms with Gasteiger partial charge in [0.1, 0.15) is 6.54 Å². The molecule has 1 amide bonds. The van der Waals surface area contributed by atoms with E-state index in [1.165, 1.54) is 72.8 Å². The average molecular weight is 591 g/mol. The highest BCUT2D eigenvalue weighted by Gasteiger charge is 2.27. The van der Waals surface area contributed by atoms with Crippen molar-refractivity contribution in [3.63, 3.8) is 0 Å². The molecule has 0 aliphatic rings. The van der Waals surface area contributed by atoms with Gasteiger partial charge in [-0.15, -0.1) is 0 Å². The van der Waals surface area contributed by atoms with Crippen LogP contribution in [0.25, 0.3) is 0 Å². The highest BCUT2D eigenvalue weighted by Crippen LogP contribution is 2.26. The molecule has 4 aromatic carbocycles. The third kappa shape index (κ3) is 6.65. The first kappa shape index (κ1) is 27.5. The zero-order chi connectivity index (χ0) is 27.3. The maximum absolute atomic E-state index is 13.4. The third-order valence-electron chi connectivity index (χ3n) is 5.28. The van der Waals surface area contributed by atoms with Gasteiger partial charge in [0.05, 0.1) is 15.5 Å². The maximum Gasteiger partial charge on any atom is 0.264 e. The molecule has 38 heavy (non-hydrogen) atoms. The Morgan fingerprint density at radius 2 is 1.18 bits per heavy atom. The predicted octanol–water partition coefficient (Wildman–Crippen LogP) is 5.63. The Morgan fingerprint density at radius 1 is 0.658 bits per heavy atom. The quantitative estimate of drug-likeness (QED) is 0.263. The molecule has 0 heterocycles. The fourth-order valence-electron chi connectivity index (χ4n) is 3.42. The summed E-state index contributed by atoms with van der Waals surface area (Å²) in [5, 5.41) is 3.50. The number of halogens is 2. The number of nitrogens with one attached hydrogen (secondary N) is 2. The van der Waals surface area contributed by atoms with Crippen LogP contribution in [0, 0.1) is 0 Å². The number of hydrogen-bond donors (Lipinski definition) is 2. The van der Waals surface area contributed by atoms with Gasteiger partial charge in [0.2, 0.25) is 5.91 Å². The van der Waals surface area contributed by atoms with Crippen molar-refractivity contribution in [3.05, 3.63) is 113 Å². The number of anilines is 3. The van der Waals surface area contributed by atoms with Crippen molar-refractivity contribution in [2.45, 2.75) is 9.79 Å². The van der Waals surface area contributed by atoms with Gasteiger partial charge in [-0.05, 0) is 84.9 Å². The minimum Gasteiger partial charge on any atom is -0.325 e. The molecule has 4 aromatic rings. The van der Waals surface area contributed by atoms with Gasteiger partial charge >= 0.3 is 0 Å². The maximum atomic E-state index is 13.4. The zero-order valence-corrected chi connectivity index (χ0v) is 22.7. The van der Waals surface area contributed by atoms with Crippen LogP contribution in [0.5, 0.6) is 0 Å². The zero-order valence-electron chi connectivity index (χ0n) is 19.6. The molecule has 0 radical (unpaired) electrons. The van der Waals surface area contributed by atoms with Crippen molar-refractivity contribution in [1.29, 1.82) is 0 Å². The predicted molar refractivity (Wildman–Crippen MR) is 150 cm³/mol. The van der Waals surface area contributed by atoms with Crippen LogP contribution < -0.4 is 14.3 Å². The lowest BCUT2D eigenvalue weighted by atomic mass is 10.3. The average Bonchev–Trinajstić information content (AvgIpc) is 2.90. The lowest BCUT2D eigenvalue weighted by molar-refractivity contribution is -0.114. The Labute approximate surface area is 230 Å². The molecule has 196 valence electrons. The van der Waals surface area contributed by atoms with E-state index in [-0.39, 0.29) is 21.2 Å². The molecule has 0 aliphatic carbocycles. The Hall–Kier alpha value is -3.57. The smallest absolute Gasteiger partial charge is 0.264 e. The number of nitrogens with zero attached hydrogens (tertiary/aromatic N) is 1. The summed E-state index contributed by atoms with van der Waals surface area (Å²) in [4.78, 5) is 12.9. The second kappa shape index (κ2) is 11.4. The summed E-state index contributed by atoms with van der Waals surface area (Å²) in [5.41, 5.74) is 0.880. The summed E-state index contributed by atoms with van der Waals surface area (Å²) in [6.45, 7) is -0.531. The molecule has 0 spiro atoms. The normalized spacial score (nSPS) is 11.5. The van der Waals surface area contributed by atoms with E-state index in [1.807, 2.05) is 0 Å². The van der Waals surface area contributed by atoms with Crippen molar-refractivity contribution < 1.29 is 21.6 Å². The first-order valence-corrected chi connectivity index (χ1v) is 14.7. The van der Waals surface area contributed by atoms with Crippen molar-refractivity contribution in [1.82, 2.24) is 0 Å². The van der Waals surface area contributed by atoms with Crippen molar-refractivity contribution in [3.8, 4) is 0 Å². The molecule has 0 saturated carbocycles. The van der Waals surface area contributed by atoms with E-state index in [4.69, 9.17) is 23.2 Å². The Balaban J connectivity index is 1.51. The van der Waals surface area contributed by atoms with Crippen molar-refractivity contribution in [2.24, 2.45) is 0 Å². The summed E-state index contributed by atoms with van der Waals surface area (Å²) in [5.74, 6) is -0.630. The second-order valence-electron chi connectivity index (χ2n) is 7.99. The van der Waals surface area contributed by atoms with Crippen LogP contribution in [0.4, 0.5) is 17.1 Å². The first-order valence-electron chi connectivity index (χ1n) is 11.1. The molecule has 0 aliphatic heterocycles. The number of amides is 1. The second-order valence-corrected chi connectivity index (χ2v) is 12.4. The molecule has 0 saturated heterocycles. The van der Waals surface area contributed by atoms with Gasteiger partial charge in [0, 0.05) is 21.4 Å². The van der Waals surface area contributed by atoms with Crippen LogP contribution in [-0.2, 0) is 24.8 Å². The fourth-order valence-corrected chi connectivity index (χ4v) is 6.18. The number of carbonyl (C=O) groups excluding carboxylic acids is 1. The Morgan fingerprint density at radius 3 is 1.76 bits per heavy atom. The van der Waals surface area contributed by atoms with Crippen LogP contribution in [0.15, 0.2) is 113 Å². The molecule has 0 aromatic heterocycles. The molecule has 0 bridgehead atoms. The minimum atomic E-state index is -4.08. The largest absolute Gasteiger partial charge is 0.325 e. The van der Waals surface area contributed by atoms with E-state index in [0.29, 0.717) is 15.7 Å². The minimum absolute atomic E-state index is 0.0190. The molecule has 0 fully saturated rings. The van der Waals surface area contributed by atoms with Gasteiger partial charge in [-0.3, -0.25) is 13.8 Å². The lowest BCUT2D eigenvalue weighted by Crippen LogP contribution is -2.38. The fraction of sp³-hybridized carbons (Fsp3) is 0.0385. The third-order valence-corrected chi connectivity index (χ3v) is 8.97. The first-order chi connectivity index (χ1) is 18.0. The molecule has 2 N–H and O–H groups in total. The molecule has 8 nitrogen and oxygen atoms in total. The van der Waals surface area contributed by atoms with E-state index in [2.05, 4.69) is 10.0 Å². The molecule has 0 atom stereocenters. The van der Waals surface area contributed by atoms with E-state index >= 15 is 0 Å². The van der Waals surface area contributed by atoms with Gasteiger partial charge in [-0.2, -0.15) is 0 Å². The SMILES string of the molecule is O=C(CN(c1ccc(Cl)cc1)S(=O)(=O)c1ccccc1)Nc1ccc(S(=O)(=O)Nc2ccc(Cl)cc2)cc1. The Kier molecular flexibility index (Phi) is 8.27. The summed E-state index contributed by atoms with van der Waals surface area (Å²) in [7, 11) is -7.96. The van der Waals surface area contributed by atoms with Crippen molar-refractivity contribution >= 4 is 66.2 Å². The van der Waals surface area contributed by atoms with Gasteiger partial charge in [-0.1, -0.05) is 41.4 Å². The summed E-state index contributed by atoms with van der Waals surface area (Å²) in [6.07, 6.45) is 0. The molecule has 0 unspecified atom stereocenters. The molecular formula is C26H21Cl2N3O5S2. The molecular weight excluding hydrogens is 569 g/mol. The van der Waals surface area contributed by atoms with Gasteiger partial charge in [0.25, 0.3) is 20.0 Å². The van der Waals surface area contributed by atoms with Crippen LogP contribution in [0.1, 0.15) is 0 Å². The van der Waals surface area contributed by atoms with Crippen molar-refractivity contribution in [2.75, 3.05) is 20.9 Å². The van der Waals surface area contributed by atoms with Crippen LogP contribution in [0.2, 0.25) is 10.0 Å². The summed E-state index contributed by atoms with van der Waals surface area (Å²) < 4.78 is 55.5. The highest BCUT2D eigenvalue weighted by atomic mass is 35.5. The molecule has 4 rings (SSSR count). The number of sulfonamides is 2. The number of rotatable bonds is 9. The van der Waals surface area contributed by atoms with Gasteiger partial charge in [-0.25, -0.2) is 16.8 Å². The van der Waals surface area contributed by atoms with E-state index < -0.39 is 32.5 Å². The Bertz CT molecular complexity index is 1630. The standard InChI is InChI=1S/C26H21Cl2N3O5S2/c27-19-6-10-22(11-7-19)30-37(33,34)24-16-12-21(13-17-24)29-26(32)18-31(23-14-8-20(28)9-15-23)38(35,36)25-4-2-1-3-5-25/h1-17,30H,18H2,(H,29,32). The van der Waals surface area contributed by atoms with Crippen LogP contribution >= 0.6 is 23.2 Å². The highest BCUT2D eigenvalue weighted by molar-refractivity contribution is 7.93. The number of hydrogen-bond acceptors (Lipinski definition) is 5. The summed E-state index contributed by atoms with van der Waals surface area (Å²) >= 11 is 11.8. The van der Waals surface area contributed by atoms with E-state index in [9.17, 15) is 21.6 Å². The van der Waals surface area contributed by atoms with Crippen LogP contribution in [0.3, 0.4) is 0 Å². The van der Waals surface area contributed by atoms with E-state index in [0.717, 1.165) is 4.31 Å². The van der Waals surface area contributed by atoms with Gasteiger partial charge < -0.3 is 5.32 Å². The molecule has 12 heteroatoms. The lowest BCUT2D eigenvalue weighted by Gasteiger charge is -2.24. The monoisotopic (exact) mass is 589 g/mol. The van der Waals surface area contributed by atoms with Gasteiger partial charge in [0.15, 0.2) is 0 Å². The number of carbonyl (C=O) groups is 1. The van der Waals surface area contributed by atoms with E-state index in [1.54, 1.807) is 30.3 Å². The topological polar surface area (TPSA) is 113 Å². The number of benzene rings is 4. The van der Waals surface area contributed by atoms with Crippen LogP contribution in [-0.4, -0.2) is 29.3 Å².